The van der Waals surface area contributed by atoms with E-state index < -0.39 is 0 Å². The molecule has 2 unspecified atom stereocenters. The van der Waals surface area contributed by atoms with E-state index in [1.807, 2.05) is 14.1 Å². The van der Waals surface area contributed by atoms with Crippen LogP contribution in [0.3, 0.4) is 0 Å². The van der Waals surface area contributed by atoms with Crippen molar-refractivity contribution in [3.8, 4) is 0 Å². The summed E-state index contributed by atoms with van der Waals surface area (Å²) in [6, 6.07) is 0. The average molecular weight is 174 g/mol. The van der Waals surface area contributed by atoms with Gasteiger partial charge in [0.2, 0.25) is 0 Å². The van der Waals surface area contributed by atoms with Crippen molar-refractivity contribution < 1.29 is 4.74 Å². The number of hydrogen-bond acceptors (Lipinski definition) is 3. The van der Waals surface area contributed by atoms with Gasteiger partial charge in [0.15, 0.2) is 0 Å². The Morgan fingerprint density at radius 3 is 2.17 bits per heavy atom. The molecule has 0 aromatic heterocycles. The summed E-state index contributed by atoms with van der Waals surface area (Å²) in [5.74, 6) is 0.592. The fraction of sp³-hybridized carbons (Fsp3) is 1.00. The van der Waals surface area contributed by atoms with Crippen molar-refractivity contribution in [2.45, 2.75) is 20.0 Å². The summed E-state index contributed by atoms with van der Waals surface area (Å²) in [6.45, 7) is 7.05. The van der Waals surface area contributed by atoms with E-state index in [-0.39, 0.29) is 0 Å². The molecule has 0 saturated heterocycles. The standard InChI is InChI=1S/C9H22N2O/c1-8(5-10-3)7-12-9(2)6-11-4/h8-11H,5-7H2,1-4H3. The van der Waals surface area contributed by atoms with E-state index >= 15 is 0 Å². The van der Waals surface area contributed by atoms with Gasteiger partial charge in [-0.3, -0.25) is 0 Å². The Morgan fingerprint density at radius 2 is 1.67 bits per heavy atom. The van der Waals surface area contributed by atoms with Gasteiger partial charge < -0.3 is 15.4 Å². The van der Waals surface area contributed by atoms with Gasteiger partial charge in [0.1, 0.15) is 0 Å². The third-order valence-electron chi connectivity index (χ3n) is 1.71. The van der Waals surface area contributed by atoms with Crippen LogP contribution >= 0.6 is 0 Å². The molecule has 12 heavy (non-hydrogen) atoms. The van der Waals surface area contributed by atoms with Crippen LogP contribution in [-0.4, -0.2) is 39.9 Å². The molecule has 0 fully saturated rings. The van der Waals surface area contributed by atoms with Crippen molar-refractivity contribution in [1.82, 2.24) is 10.6 Å². The minimum Gasteiger partial charge on any atom is -0.377 e. The van der Waals surface area contributed by atoms with E-state index in [2.05, 4.69) is 24.5 Å². The number of hydrogen-bond donors (Lipinski definition) is 2. The van der Waals surface area contributed by atoms with E-state index in [0.29, 0.717) is 12.0 Å². The maximum atomic E-state index is 5.59. The lowest BCUT2D eigenvalue weighted by Gasteiger charge is -2.16. The van der Waals surface area contributed by atoms with Gasteiger partial charge in [-0.2, -0.15) is 0 Å². The monoisotopic (exact) mass is 174 g/mol. The van der Waals surface area contributed by atoms with Gasteiger partial charge in [0.25, 0.3) is 0 Å². The molecule has 3 heteroatoms. The molecule has 0 saturated carbocycles. The maximum absolute atomic E-state index is 5.59. The quantitative estimate of drug-likeness (QED) is 0.588. The molecular formula is C9H22N2O. The molecule has 0 aliphatic rings. The van der Waals surface area contributed by atoms with Crippen LogP contribution in [-0.2, 0) is 4.74 Å². The summed E-state index contributed by atoms with van der Waals surface area (Å²) in [5.41, 5.74) is 0. The van der Waals surface area contributed by atoms with E-state index in [1.54, 1.807) is 0 Å². The molecule has 0 aromatic rings. The Morgan fingerprint density at radius 1 is 1.08 bits per heavy atom. The van der Waals surface area contributed by atoms with E-state index in [4.69, 9.17) is 4.74 Å². The van der Waals surface area contributed by atoms with Crippen LogP contribution in [0.1, 0.15) is 13.8 Å². The largest absolute Gasteiger partial charge is 0.377 e. The molecule has 0 aliphatic heterocycles. The summed E-state index contributed by atoms with van der Waals surface area (Å²) in [5, 5.41) is 6.21. The van der Waals surface area contributed by atoms with Gasteiger partial charge in [-0.25, -0.2) is 0 Å². The summed E-state index contributed by atoms with van der Waals surface area (Å²) < 4.78 is 5.59. The molecule has 0 amide bonds. The van der Waals surface area contributed by atoms with Crippen LogP contribution in [0.15, 0.2) is 0 Å². The lowest BCUT2D eigenvalue weighted by molar-refractivity contribution is 0.0457. The Balaban J connectivity index is 3.27. The fourth-order valence-electron chi connectivity index (χ4n) is 1.08. The number of likely N-dealkylation sites (N-methyl/N-ethyl adjacent to an activating group) is 1. The van der Waals surface area contributed by atoms with Gasteiger partial charge >= 0.3 is 0 Å². The molecule has 3 nitrogen and oxygen atoms in total. The van der Waals surface area contributed by atoms with Crippen LogP contribution < -0.4 is 10.6 Å². The number of nitrogens with one attached hydrogen (secondary N) is 2. The van der Waals surface area contributed by atoms with Crippen molar-refractivity contribution >= 4 is 0 Å². The topological polar surface area (TPSA) is 33.3 Å². The predicted molar refractivity (Wildman–Crippen MR) is 52.4 cm³/mol. The van der Waals surface area contributed by atoms with Crippen LogP contribution in [0.4, 0.5) is 0 Å². The number of rotatable bonds is 7. The summed E-state index contributed by atoms with van der Waals surface area (Å²) in [4.78, 5) is 0. The molecule has 0 aliphatic carbocycles. The minimum atomic E-state index is 0.314. The molecule has 0 aromatic carbocycles. The first-order valence-corrected chi connectivity index (χ1v) is 4.61. The zero-order valence-corrected chi connectivity index (χ0v) is 8.68. The summed E-state index contributed by atoms with van der Waals surface area (Å²) >= 11 is 0. The smallest absolute Gasteiger partial charge is 0.0671 e. The second-order valence-corrected chi connectivity index (χ2v) is 3.36. The predicted octanol–water partition coefficient (Wildman–Crippen LogP) is 0.466. The Kier molecular flexibility index (Phi) is 7.45. The highest BCUT2D eigenvalue weighted by atomic mass is 16.5. The van der Waals surface area contributed by atoms with Gasteiger partial charge in [-0.05, 0) is 33.5 Å². The van der Waals surface area contributed by atoms with Crippen LogP contribution in [0.2, 0.25) is 0 Å². The Labute approximate surface area is 75.9 Å². The van der Waals surface area contributed by atoms with Crippen LogP contribution in [0, 0.1) is 5.92 Å². The lowest BCUT2D eigenvalue weighted by atomic mass is 10.2. The maximum Gasteiger partial charge on any atom is 0.0671 e. The van der Waals surface area contributed by atoms with Gasteiger partial charge in [-0.15, -0.1) is 0 Å². The van der Waals surface area contributed by atoms with Gasteiger partial charge in [0, 0.05) is 6.54 Å². The highest BCUT2D eigenvalue weighted by Crippen LogP contribution is 1.97. The molecule has 74 valence electrons. The minimum absolute atomic E-state index is 0.314. The van der Waals surface area contributed by atoms with Crippen molar-refractivity contribution in [2.75, 3.05) is 33.8 Å². The molecule has 2 atom stereocenters. The zero-order chi connectivity index (χ0) is 9.40. The van der Waals surface area contributed by atoms with E-state index in [0.717, 1.165) is 19.7 Å². The van der Waals surface area contributed by atoms with E-state index in [1.165, 1.54) is 0 Å². The molecule has 0 rings (SSSR count). The Hall–Kier alpha value is -0.120. The van der Waals surface area contributed by atoms with E-state index in [9.17, 15) is 0 Å². The first-order chi connectivity index (χ1) is 5.70. The second-order valence-electron chi connectivity index (χ2n) is 3.36. The summed E-state index contributed by atoms with van der Waals surface area (Å²) in [7, 11) is 3.91. The third-order valence-corrected chi connectivity index (χ3v) is 1.71. The SMILES string of the molecule is CNCC(C)COC(C)CNC. The first-order valence-electron chi connectivity index (χ1n) is 4.61. The van der Waals surface area contributed by atoms with Crippen molar-refractivity contribution in [1.29, 1.82) is 0 Å². The summed E-state index contributed by atoms with van der Waals surface area (Å²) in [6.07, 6.45) is 0.314. The molecular weight excluding hydrogens is 152 g/mol. The molecule has 2 N–H and O–H groups in total. The zero-order valence-electron chi connectivity index (χ0n) is 8.68. The third kappa shape index (κ3) is 6.58. The van der Waals surface area contributed by atoms with Crippen molar-refractivity contribution in [2.24, 2.45) is 5.92 Å². The second kappa shape index (κ2) is 7.53. The molecule has 0 heterocycles. The molecule has 0 radical (unpaired) electrons. The highest BCUT2D eigenvalue weighted by Gasteiger charge is 2.04. The average Bonchev–Trinajstić information content (AvgIpc) is 2.02. The lowest BCUT2D eigenvalue weighted by Crippen LogP contribution is -2.27. The normalized spacial score (nSPS) is 16.0. The fourth-order valence-corrected chi connectivity index (χ4v) is 1.08. The van der Waals surface area contributed by atoms with Crippen LogP contribution in [0.25, 0.3) is 0 Å². The molecule has 0 spiro atoms. The highest BCUT2D eigenvalue weighted by molar-refractivity contribution is 4.56. The van der Waals surface area contributed by atoms with Gasteiger partial charge in [-0.1, -0.05) is 6.92 Å². The van der Waals surface area contributed by atoms with Crippen LogP contribution in [0.5, 0.6) is 0 Å². The Bertz CT molecular complexity index is 86.5. The van der Waals surface area contributed by atoms with Crippen molar-refractivity contribution in [3.05, 3.63) is 0 Å². The molecule has 0 bridgehead atoms. The van der Waals surface area contributed by atoms with Gasteiger partial charge in [0.05, 0.1) is 12.7 Å². The number of ether oxygens (including phenoxy) is 1. The first kappa shape index (κ1) is 11.9. The van der Waals surface area contributed by atoms with Crippen molar-refractivity contribution in [3.63, 3.8) is 0 Å².